The van der Waals surface area contributed by atoms with Crippen LogP contribution in [0, 0.1) is 50.2 Å². The highest BCUT2D eigenvalue weighted by Crippen LogP contribution is 2.69. The van der Waals surface area contributed by atoms with Crippen molar-refractivity contribution in [1.82, 2.24) is 0 Å². The molecule has 2 saturated heterocycles. The lowest BCUT2D eigenvalue weighted by Crippen LogP contribution is -2.57. The van der Waals surface area contributed by atoms with Crippen LogP contribution in [0.2, 0.25) is 0 Å². The predicted octanol–water partition coefficient (Wildman–Crippen LogP) is 4.58. The minimum atomic E-state index is -2.03. The van der Waals surface area contributed by atoms with Gasteiger partial charge in [-0.3, -0.25) is 5.41 Å². The average Bonchev–Trinajstić information content (AvgIpc) is 2.96. The number of rotatable bonds is 3. The smallest absolute Gasteiger partial charge is 0.218 e. The van der Waals surface area contributed by atoms with Gasteiger partial charge in [-0.25, -0.2) is 0 Å². The van der Waals surface area contributed by atoms with Crippen LogP contribution < -0.4 is 4.74 Å². The van der Waals surface area contributed by atoms with Crippen molar-refractivity contribution < 1.29 is 14.2 Å². The first-order chi connectivity index (χ1) is 14.8. The van der Waals surface area contributed by atoms with E-state index in [0.29, 0.717) is 16.9 Å². The number of hydrogen-bond acceptors (Lipinski definition) is 7. The van der Waals surface area contributed by atoms with E-state index in [1.165, 1.54) is 7.11 Å². The van der Waals surface area contributed by atoms with Gasteiger partial charge in [-0.05, 0) is 35.4 Å². The Bertz CT molecular complexity index is 1180. The van der Waals surface area contributed by atoms with Crippen LogP contribution in [0.5, 0.6) is 5.75 Å². The Kier molecular flexibility index (Phi) is 4.78. The lowest BCUT2D eigenvalue weighted by atomic mass is 9.52. The largest absolute Gasteiger partial charge is 0.497 e. The highest BCUT2D eigenvalue weighted by molar-refractivity contribution is 9.10. The molecule has 7 nitrogen and oxygen atoms in total. The van der Waals surface area contributed by atoms with Gasteiger partial charge >= 0.3 is 0 Å². The summed E-state index contributed by atoms with van der Waals surface area (Å²) in [5, 5.41) is 39.7. The topological polar surface area (TPSA) is 123 Å². The summed E-state index contributed by atoms with van der Waals surface area (Å²) in [7, 11) is 1.54. The van der Waals surface area contributed by atoms with Crippen LogP contribution in [0.3, 0.4) is 0 Å². The summed E-state index contributed by atoms with van der Waals surface area (Å²) in [4.78, 5) is 0. The number of methoxy groups -OCH3 is 1. The molecule has 154 valence electrons. The molecule has 2 aliphatic heterocycles. The fraction of sp³-hybridized carbons (Fsp3) is 0.304. The van der Waals surface area contributed by atoms with E-state index in [1.54, 1.807) is 49.4 Å². The number of ether oxygens (including phenoxy) is 3. The van der Waals surface area contributed by atoms with Crippen molar-refractivity contribution >= 4 is 21.8 Å². The maximum Gasteiger partial charge on any atom is 0.218 e. The van der Waals surface area contributed by atoms with E-state index in [2.05, 4.69) is 34.1 Å². The van der Waals surface area contributed by atoms with Gasteiger partial charge in [0, 0.05) is 11.4 Å². The SMILES string of the molecule is COc1ccc(C2C3(C)OC(=N)C2(C#N)C(C#N)(C#N)C(c2cccc(Br)c2)O3)cc1. The summed E-state index contributed by atoms with van der Waals surface area (Å²) in [5.74, 6) is -2.16. The molecule has 0 spiro atoms. The molecular weight excluding hydrogens is 460 g/mol. The molecule has 4 atom stereocenters. The molecule has 0 aliphatic carbocycles. The van der Waals surface area contributed by atoms with Gasteiger partial charge in [-0.1, -0.05) is 40.2 Å². The molecule has 8 heteroatoms. The van der Waals surface area contributed by atoms with E-state index in [-0.39, 0.29) is 0 Å². The highest BCUT2D eigenvalue weighted by atomic mass is 79.9. The van der Waals surface area contributed by atoms with Gasteiger partial charge < -0.3 is 14.2 Å². The summed E-state index contributed by atoms with van der Waals surface area (Å²) in [6.45, 7) is 1.64. The van der Waals surface area contributed by atoms with Gasteiger partial charge in [-0.2, -0.15) is 15.8 Å². The molecule has 2 aromatic carbocycles. The third-order valence-electron chi connectivity index (χ3n) is 6.12. The number of halogens is 1. The minimum Gasteiger partial charge on any atom is -0.497 e. The van der Waals surface area contributed by atoms with E-state index >= 15 is 0 Å². The van der Waals surface area contributed by atoms with E-state index in [9.17, 15) is 15.8 Å². The number of hydrogen-bond donors (Lipinski definition) is 1. The molecule has 0 amide bonds. The zero-order chi connectivity index (χ0) is 22.4. The quantitative estimate of drug-likeness (QED) is 0.691. The zero-order valence-electron chi connectivity index (χ0n) is 16.7. The predicted molar refractivity (Wildman–Crippen MR) is 113 cm³/mol. The van der Waals surface area contributed by atoms with Crippen LogP contribution in [-0.4, -0.2) is 18.8 Å². The third kappa shape index (κ3) is 2.61. The fourth-order valence-electron chi connectivity index (χ4n) is 4.75. The lowest BCUT2D eigenvalue weighted by Gasteiger charge is -2.48. The summed E-state index contributed by atoms with van der Waals surface area (Å²) in [5.41, 5.74) is -2.77. The average molecular weight is 477 g/mol. The van der Waals surface area contributed by atoms with Crippen LogP contribution in [0.25, 0.3) is 0 Å². The number of nitrogens with zero attached hydrogens (tertiary/aromatic N) is 3. The first kappa shape index (κ1) is 20.9. The molecule has 4 rings (SSSR count). The first-order valence-corrected chi connectivity index (χ1v) is 10.2. The van der Waals surface area contributed by atoms with Gasteiger partial charge in [0.05, 0.1) is 31.2 Å². The summed E-state index contributed by atoms with van der Waals surface area (Å²) >= 11 is 3.40. The van der Waals surface area contributed by atoms with Crippen LogP contribution in [0.1, 0.15) is 30.1 Å². The van der Waals surface area contributed by atoms with Crippen LogP contribution >= 0.6 is 15.9 Å². The zero-order valence-corrected chi connectivity index (χ0v) is 18.3. The molecule has 0 radical (unpaired) electrons. The maximum atomic E-state index is 10.4. The first-order valence-electron chi connectivity index (χ1n) is 9.41. The molecule has 1 N–H and O–H groups in total. The Morgan fingerprint density at radius 1 is 1.03 bits per heavy atom. The lowest BCUT2D eigenvalue weighted by molar-refractivity contribution is -0.253. The molecule has 2 bridgehead atoms. The standard InChI is InChI=1S/C23H17BrN4O3/c1-21-18(14-6-8-17(29-2)9-7-14)23(13-27,20(28)31-21)22(11-25,12-26)19(30-21)15-4-3-5-16(24)10-15/h3-10,18-19,28H,1-2H3. The van der Waals surface area contributed by atoms with Crippen molar-refractivity contribution in [2.45, 2.75) is 24.7 Å². The van der Waals surface area contributed by atoms with Crippen LogP contribution in [-0.2, 0) is 9.47 Å². The van der Waals surface area contributed by atoms with Crippen molar-refractivity contribution in [3.05, 3.63) is 64.1 Å². The molecule has 0 saturated carbocycles. The van der Waals surface area contributed by atoms with E-state index in [0.717, 1.165) is 4.47 Å². The molecule has 31 heavy (non-hydrogen) atoms. The normalized spacial score (nSPS) is 30.4. The third-order valence-corrected chi connectivity index (χ3v) is 6.61. The molecular formula is C23H17BrN4O3. The van der Waals surface area contributed by atoms with Crippen molar-refractivity contribution in [2.24, 2.45) is 10.8 Å². The van der Waals surface area contributed by atoms with Crippen molar-refractivity contribution in [1.29, 1.82) is 21.2 Å². The van der Waals surface area contributed by atoms with Gasteiger partial charge in [0.2, 0.25) is 17.1 Å². The van der Waals surface area contributed by atoms with Gasteiger partial charge in [0.15, 0.2) is 5.41 Å². The number of fused-ring (bicyclic) bond motifs is 2. The Hall–Kier alpha value is -3.38. The fourth-order valence-corrected chi connectivity index (χ4v) is 5.17. The van der Waals surface area contributed by atoms with Crippen molar-refractivity contribution in [2.75, 3.05) is 7.11 Å². The van der Waals surface area contributed by atoms with Crippen molar-refractivity contribution in [3.63, 3.8) is 0 Å². The number of nitrogens with one attached hydrogen (secondary N) is 1. The van der Waals surface area contributed by atoms with E-state index in [4.69, 9.17) is 19.6 Å². The monoisotopic (exact) mass is 476 g/mol. The van der Waals surface area contributed by atoms with Gasteiger partial charge in [-0.15, -0.1) is 0 Å². The summed E-state index contributed by atoms with van der Waals surface area (Å²) in [6.07, 6.45) is -1.11. The number of benzene rings is 2. The van der Waals surface area contributed by atoms with Crippen LogP contribution in [0.15, 0.2) is 53.0 Å². The maximum absolute atomic E-state index is 10.4. The molecule has 4 unspecified atom stereocenters. The molecule has 0 aromatic heterocycles. The van der Waals surface area contributed by atoms with Gasteiger partial charge in [0.1, 0.15) is 11.9 Å². The summed E-state index contributed by atoms with van der Waals surface area (Å²) in [6, 6.07) is 20.2. The minimum absolute atomic E-state index is 0.445. The van der Waals surface area contributed by atoms with Crippen molar-refractivity contribution in [3.8, 4) is 24.0 Å². The Balaban J connectivity index is 2.01. The Morgan fingerprint density at radius 3 is 2.26 bits per heavy atom. The summed E-state index contributed by atoms with van der Waals surface area (Å²) < 4.78 is 18.1. The van der Waals surface area contributed by atoms with Gasteiger partial charge in [0.25, 0.3) is 0 Å². The second-order valence-electron chi connectivity index (χ2n) is 7.66. The highest BCUT2D eigenvalue weighted by Gasteiger charge is 2.79. The second-order valence-corrected chi connectivity index (χ2v) is 8.57. The molecule has 2 aromatic rings. The Labute approximate surface area is 188 Å². The van der Waals surface area contributed by atoms with E-state index < -0.39 is 34.5 Å². The second kappa shape index (κ2) is 7.10. The molecule has 2 heterocycles. The molecule has 2 aliphatic rings. The molecule has 2 fully saturated rings. The van der Waals surface area contributed by atoms with E-state index in [1.807, 2.05) is 6.07 Å². The van der Waals surface area contributed by atoms with Crippen LogP contribution in [0.4, 0.5) is 0 Å². The number of nitriles is 3. The Morgan fingerprint density at radius 2 is 1.71 bits per heavy atom.